The quantitative estimate of drug-likeness (QED) is 0.918. The van der Waals surface area contributed by atoms with E-state index < -0.39 is 9.84 Å². The molecule has 0 saturated carbocycles. The normalized spacial score (nSPS) is 25.7. The summed E-state index contributed by atoms with van der Waals surface area (Å²) in [5.41, 5.74) is 2.27. The Hall–Kier alpha value is -1.23. The molecular formula is C14H20N2O2S. The van der Waals surface area contributed by atoms with Gasteiger partial charge in [0.05, 0.1) is 11.5 Å². The number of hydrogen-bond donors (Lipinski definition) is 1. The molecule has 0 radical (unpaired) electrons. The Labute approximate surface area is 114 Å². The van der Waals surface area contributed by atoms with Crippen molar-refractivity contribution < 1.29 is 8.42 Å². The molecule has 4 nitrogen and oxygen atoms in total. The summed E-state index contributed by atoms with van der Waals surface area (Å²) in [5.74, 6) is 0.581. The minimum absolute atomic E-state index is 0.0684. The van der Waals surface area contributed by atoms with Gasteiger partial charge in [-0.15, -0.1) is 0 Å². The Morgan fingerprint density at radius 1 is 1.21 bits per heavy atom. The zero-order chi connectivity index (χ0) is 13.3. The number of rotatable bonds is 3. The van der Waals surface area contributed by atoms with Gasteiger partial charge in [-0.3, -0.25) is 0 Å². The molecule has 3 rings (SSSR count). The molecule has 19 heavy (non-hydrogen) atoms. The fourth-order valence-electron chi connectivity index (χ4n) is 2.91. The third-order valence-electron chi connectivity index (χ3n) is 3.92. The molecule has 0 spiro atoms. The Morgan fingerprint density at radius 2 is 2.00 bits per heavy atom. The standard InChI is InChI=1S/C14H20N2O2S/c17-19(18)9-6-13(11-19)15-12-4-3-5-14(10-12)16-7-1-2-8-16/h3-5,10,13,15H,1-2,6-9,11H2. The maximum Gasteiger partial charge on any atom is 0.152 e. The van der Waals surface area contributed by atoms with Crippen LogP contribution in [0.2, 0.25) is 0 Å². The molecule has 2 heterocycles. The van der Waals surface area contributed by atoms with Gasteiger partial charge in [0.2, 0.25) is 0 Å². The van der Waals surface area contributed by atoms with Gasteiger partial charge in [-0.1, -0.05) is 6.07 Å². The zero-order valence-electron chi connectivity index (χ0n) is 11.0. The molecule has 1 unspecified atom stereocenters. The van der Waals surface area contributed by atoms with Crippen molar-refractivity contribution >= 4 is 21.2 Å². The number of nitrogens with zero attached hydrogens (tertiary/aromatic N) is 1. The highest BCUT2D eigenvalue weighted by Gasteiger charge is 2.27. The Kier molecular flexibility index (Phi) is 3.39. The first kappa shape index (κ1) is 12.8. The van der Waals surface area contributed by atoms with Crippen LogP contribution in [0.3, 0.4) is 0 Å². The van der Waals surface area contributed by atoms with Gasteiger partial charge in [0.1, 0.15) is 0 Å². The molecule has 5 heteroatoms. The van der Waals surface area contributed by atoms with E-state index in [-0.39, 0.29) is 11.8 Å². The molecule has 1 N–H and O–H groups in total. The highest BCUT2D eigenvalue weighted by molar-refractivity contribution is 7.91. The van der Waals surface area contributed by atoms with Crippen LogP contribution in [-0.2, 0) is 9.84 Å². The Balaban J connectivity index is 1.69. The van der Waals surface area contributed by atoms with E-state index in [0.717, 1.165) is 25.2 Å². The third kappa shape index (κ3) is 3.03. The number of sulfone groups is 1. The van der Waals surface area contributed by atoms with Crippen molar-refractivity contribution in [1.29, 1.82) is 0 Å². The third-order valence-corrected chi connectivity index (χ3v) is 5.69. The predicted octanol–water partition coefficient (Wildman–Crippen LogP) is 1.89. The summed E-state index contributed by atoms with van der Waals surface area (Å²) < 4.78 is 22.9. The molecule has 2 fully saturated rings. The van der Waals surface area contributed by atoms with Crippen molar-refractivity contribution in [2.75, 3.05) is 34.8 Å². The van der Waals surface area contributed by atoms with E-state index in [0.29, 0.717) is 5.75 Å². The lowest BCUT2D eigenvalue weighted by Crippen LogP contribution is -2.21. The van der Waals surface area contributed by atoms with Crippen LogP contribution in [0.1, 0.15) is 19.3 Å². The predicted molar refractivity (Wildman–Crippen MR) is 78.6 cm³/mol. The van der Waals surface area contributed by atoms with Gasteiger partial charge in [-0.05, 0) is 37.5 Å². The lowest BCUT2D eigenvalue weighted by molar-refractivity contribution is 0.602. The molecule has 1 aromatic carbocycles. The van der Waals surface area contributed by atoms with Crippen molar-refractivity contribution in [3.8, 4) is 0 Å². The van der Waals surface area contributed by atoms with Gasteiger partial charge >= 0.3 is 0 Å². The summed E-state index contributed by atoms with van der Waals surface area (Å²) in [6.07, 6.45) is 3.24. The zero-order valence-corrected chi connectivity index (χ0v) is 11.8. The first-order chi connectivity index (χ1) is 9.12. The smallest absolute Gasteiger partial charge is 0.152 e. The van der Waals surface area contributed by atoms with Crippen molar-refractivity contribution in [3.63, 3.8) is 0 Å². The van der Waals surface area contributed by atoms with E-state index in [2.05, 4.69) is 22.3 Å². The molecule has 0 aromatic heterocycles. The first-order valence-corrected chi connectivity index (χ1v) is 8.76. The monoisotopic (exact) mass is 280 g/mol. The van der Waals surface area contributed by atoms with Gasteiger partial charge in [0.25, 0.3) is 0 Å². The minimum atomic E-state index is -2.81. The van der Waals surface area contributed by atoms with Gasteiger partial charge in [0, 0.05) is 30.5 Å². The van der Waals surface area contributed by atoms with Crippen LogP contribution in [0.15, 0.2) is 24.3 Å². The van der Waals surface area contributed by atoms with E-state index in [4.69, 9.17) is 0 Å². The lowest BCUT2D eigenvalue weighted by atomic mass is 10.2. The maximum absolute atomic E-state index is 11.5. The molecule has 0 aliphatic carbocycles. The highest BCUT2D eigenvalue weighted by atomic mass is 32.2. The fourth-order valence-corrected chi connectivity index (χ4v) is 4.59. The van der Waals surface area contributed by atoms with E-state index in [1.807, 2.05) is 12.1 Å². The number of anilines is 2. The molecule has 1 atom stereocenters. The summed E-state index contributed by atoms with van der Waals surface area (Å²) in [6.45, 7) is 2.25. The first-order valence-electron chi connectivity index (χ1n) is 6.94. The molecular weight excluding hydrogens is 260 g/mol. The van der Waals surface area contributed by atoms with Crippen LogP contribution >= 0.6 is 0 Å². The molecule has 2 aliphatic rings. The molecule has 2 saturated heterocycles. The minimum Gasteiger partial charge on any atom is -0.381 e. The maximum atomic E-state index is 11.5. The summed E-state index contributed by atoms with van der Waals surface area (Å²) in [7, 11) is -2.81. The van der Waals surface area contributed by atoms with Gasteiger partial charge < -0.3 is 10.2 Å². The number of nitrogens with one attached hydrogen (secondary N) is 1. The fraction of sp³-hybridized carbons (Fsp3) is 0.571. The van der Waals surface area contributed by atoms with Crippen molar-refractivity contribution in [2.45, 2.75) is 25.3 Å². The average molecular weight is 280 g/mol. The average Bonchev–Trinajstić information content (AvgIpc) is 2.99. The molecule has 104 valence electrons. The molecule has 1 aromatic rings. The van der Waals surface area contributed by atoms with Crippen molar-refractivity contribution in [3.05, 3.63) is 24.3 Å². The summed E-state index contributed by atoms with van der Waals surface area (Å²) in [5, 5.41) is 3.35. The van der Waals surface area contributed by atoms with Crippen LogP contribution in [0.25, 0.3) is 0 Å². The van der Waals surface area contributed by atoms with Crippen LogP contribution in [0.4, 0.5) is 11.4 Å². The second-order valence-electron chi connectivity index (χ2n) is 5.49. The van der Waals surface area contributed by atoms with E-state index in [9.17, 15) is 8.42 Å². The van der Waals surface area contributed by atoms with Crippen LogP contribution in [0, 0.1) is 0 Å². The van der Waals surface area contributed by atoms with E-state index >= 15 is 0 Å². The second kappa shape index (κ2) is 5.04. The van der Waals surface area contributed by atoms with E-state index in [1.54, 1.807) is 0 Å². The van der Waals surface area contributed by atoms with Gasteiger partial charge in [-0.2, -0.15) is 0 Å². The number of benzene rings is 1. The lowest BCUT2D eigenvalue weighted by Gasteiger charge is -2.20. The van der Waals surface area contributed by atoms with Gasteiger partial charge in [-0.25, -0.2) is 8.42 Å². The highest BCUT2D eigenvalue weighted by Crippen LogP contribution is 2.25. The molecule has 0 amide bonds. The molecule has 0 bridgehead atoms. The van der Waals surface area contributed by atoms with Crippen molar-refractivity contribution in [2.24, 2.45) is 0 Å². The van der Waals surface area contributed by atoms with Gasteiger partial charge in [0.15, 0.2) is 9.84 Å². The largest absolute Gasteiger partial charge is 0.381 e. The Bertz CT molecular complexity index is 550. The number of hydrogen-bond acceptors (Lipinski definition) is 4. The summed E-state index contributed by atoms with van der Waals surface area (Å²) in [4.78, 5) is 2.39. The molecule has 2 aliphatic heterocycles. The summed E-state index contributed by atoms with van der Waals surface area (Å²) in [6, 6.07) is 8.39. The SMILES string of the molecule is O=S1(=O)CCC(Nc2cccc(N3CCCC3)c2)C1. The van der Waals surface area contributed by atoms with E-state index in [1.165, 1.54) is 18.5 Å². The summed E-state index contributed by atoms with van der Waals surface area (Å²) >= 11 is 0. The van der Waals surface area contributed by atoms with Crippen molar-refractivity contribution in [1.82, 2.24) is 0 Å². The van der Waals surface area contributed by atoms with Crippen LogP contribution in [0.5, 0.6) is 0 Å². The second-order valence-corrected chi connectivity index (χ2v) is 7.72. The van der Waals surface area contributed by atoms with Crippen LogP contribution < -0.4 is 10.2 Å². The van der Waals surface area contributed by atoms with Crippen LogP contribution in [-0.4, -0.2) is 39.1 Å². The Morgan fingerprint density at radius 3 is 2.68 bits per heavy atom. The topological polar surface area (TPSA) is 49.4 Å².